The predicted octanol–water partition coefficient (Wildman–Crippen LogP) is 7.49. The average Bonchev–Trinajstić information content (AvgIpc) is 3.33. The number of fused-ring (bicyclic) bond motifs is 2. The van der Waals surface area contributed by atoms with Gasteiger partial charge in [-0.3, -0.25) is 0 Å². The molecule has 2 heterocycles. The first kappa shape index (κ1) is 30.7. The minimum Gasteiger partial charge on any atom is -0.387 e. The van der Waals surface area contributed by atoms with Gasteiger partial charge in [0.2, 0.25) is 0 Å². The molecule has 0 saturated heterocycles. The van der Waals surface area contributed by atoms with Crippen molar-refractivity contribution in [3.63, 3.8) is 0 Å². The van der Waals surface area contributed by atoms with Crippen LogP contribution in [0.2, 0.25) is 5.02 Å². The quantitative estimate of drug-likeness (QED) is 0.244. The molecule has 0 bridgehead atoms. The van der Waals surface area contributed by atoms with Crippen LogP contribution in [0, 0.1) is 0 Å². The van der Waals surface area contributed by atoms with Crippen molar-refractivity contribution in [1.82, 2.24) is 19.7 Å². The topological polar surface area (TPSA) is 70.9 Å². The molecule has 1 unspecified atom stereocenters. The summed E-state index contributed by atoms with van der Waals surface area (Å²) in [4.78, 5) is 8.94. The van der Waals surface area contributed by atoms with Crippen molar-refractivity contribution in [1.29, 1.82) is 0 Å². The molecule has 5 rings (SSSR count). The van der Waals surface area contributed by atoms with Gasteiger partial charge in [-0.15, -0.1) is 37.2 Å². The third kappa shape index (κ3) is 6.13. The Kier molecular flexibility index (Phi) is 10.9. The smallest absolute Gasteiger partial charge is 0.116 e. The number of hydrogen-bond acceptors (Lipinski definition) is 6. The van der Waals surface area contributed by atoms with E-state index in [1.54, 1.807) is 6.33 Å². The largest absolute Gasteiger partial charge is 0.387 e. The van der Waals surface area contributed by atoms with Gasteiger partial charge in [-0.25, -0.2) is 9.97 Å². The van der Waals surface area contributed by atoms with Gasteiger partial charge in [0.05, 0.1) is 27.9 Å². The number of hydrogen-bond donors (Lipinski definition) is 2. The Morgan fingerprint density at radius 2 is 1.81 bits per heavy atom. The first-order chi connectivity index (χ1) is 15.9. The second-order valence-electron chi connectivity index (χ2n) is 9.14. The Morgan fingerprint density at radius 3 is 2.50 bits per heavy atom. The summed E-state index contributed by atoms with van der Waals surface area (Å²) in [6.07, 6.45) is 2.55. The Hall–Kier alpha value is -1.51. The molecule has 4 aromatic rings. The van der Waals surface area contributed by atoms with E-state index in [0.29, 0.717) is 12.5 Å². The number of nitrogens with one attached hydrogen (secondary N) is 1. The Bertz CT molecular complexity index is 1300. The van der Waals surface area contributed by atoms with Gasteiger partial charge >= 0.3 is 0 Å². The van der Waals surface area contributed by atoms with Crippen LogP contribution in [0.25, 0.3) is 21.3 Å². The standard InChI is InChI=1S/C26H27ClN4OS.3ClH/c1-14(2)30-20(16-4-7-18(27)8-5-16)12-21-19-9-6-17(11-23(19)33-31-21)25-24-15(3)10-22(32)26(24)29-13-28-25;;;/h4-9,11,13-15,20,22,30,32H,10,12H2,1-3H3;3*1H/t15-,20?,22-;;;/m1.../s1. The molecule has 5 nitrogen and oxygen atoms in total. The predicted molar refractivity (Wildman–Crippen MR) is 157 cm³/mol. The highest BCUT2D eigenvalue weighted by Crippen LogP contribution is 2.43. The number of aliphatic hydroxyl groups excluding tert-OH is 1. The highest BCUT2D eigenvalue weighted by molar-refractivity contribution is 7.13. The third-order valence-electron chi connectivity index (χ3n) is 6.32. The van der Waals surface area contributed by atoms with E-state index in [1.807, 2.05) is 12.1 Å². The van der Waals surface area contributed by atoms with Gasteiger partial charge in [0.1, 0.15) is 6.33 Å². The molecule has 0 spiro atoms. The number of benzene rings is 2. The fourth-order valence-corrected chi connectivity index (χ4v) is 5.77. The molecule has 0 amide bonds. The second-order valence-corrected chi connectivity index (χ2v) is 10.4. The van der Waals surface area contributed by atoms with Crippen molar-refractivity contribution in [2.45, 2.75) is 57.7 Å². The molecule has 0 fully saturated rings. The molecule has 1 aliphatic rings. The molecular weight excluding hydrogens is 558 g/mol. The highest BCUT2D eigenvalue weighted by Gasteiger charge is 2.31. The zero-order valence-electron chi connectivity index (χ0n) is 20.1. The van der Waals surface area contributed by atoms with Gasteiger partial charge < -0.3 is 10.4 Å². The van der Waals surface area contributed by atoms with Crippen LogP contribution in [-0.2, 0) is 6.42 Å². The average molecular weight is 588 g/mol. The number of aromatic nitrogens is 3. The molecule has 36 heavy (non-hydrogen) atoms. The van der Waals surface area contributed by atoms with Crippen LogP contribution in [-0.4, -0.2) is 25.5 Å². The molecule has 194 valence electrons. The van der Waals surface area contributed by atoms with Crippen molar-refractivity contribution in [3.05, 3.63) is 76.3 Å². The number of halogens is 4. The molecule has 0 aliphatic heterocycles. The minimum absolute atomic E-state index is 0. The minimum atomic E-state index is -0.506. The van der Waals surface area contributed by atoms with E-state index in [9.17, 15) is 5.11 Å². The molecule has 1 aliphatic carbocycles. The summed E-state index contributed by atoms with van der Waals surface area (Å²) < 4.78 is 5.96. The van der Waals surface area contributed by atoms with Crippen LogP contribution in [0.4, 0.5) is 0 Å². The van der Waals surface area contributed by atoms with Crippen LogP contribution in [0.1, 0.15) is 67.8 Å². The first-order valence-electron chi connectivity index (χ1n) is 11.3. The monoisotopic (exact) mass is 586 g/mol. The molecule has 2 N–H and O–H groups in total. The van der Waals surface area contributed by atoms with E-state index in [-0.39, 0.29) is 49.2 Å². The fourth-order valence-electron chi connectivity index (χ4n) is 4.80. The molecule has 0 radical (unpaired) electrons. The van der Waals surface area contributed by atoms with Crippen molar-refractivity contribution < 1.29 is 5.11 Å². The summed E-state index contributed by atoms with van der Waals surface area (Å²) in [5.41, 5.74) is 6.09. The van der Waals surface area contributed by atoms with Crippen molar-refractivity contribution in [2.24, 2.45) is 0 Å². The lowest BCUT2D eigenvalue weighted by Gasteiger charge is -2.21. The maximum atomic E-state index is 10.3. The Labute approximate surface area is 239 Å². The molecule has 2 aromatic heterocycles. The number of aliphatic hydroxyl groups is 1. The second kappa shape index (κ2) is 12.8. The number of nitrogens with zero attached hydrogens (tertiary/aromatic N) is 3. The molecule has 0 saturated carbocycles. The summed E-state index contributed by atoms with van der Waals surface area (Å²) in [5, 5.41) is 15.9. The van der Waals surface area contributed by atoms with E-state index in [0.717, 1.165) is 44.4 Å². The summed E-state index contributed by atoms with van der Waals surface area (Å²) in [5.74, 6) is 0.237. The van der Waals surface area contributed by atoms with E-state index < -0.39 is 6.10 Å². The Balaban J connectivity index is 0.00000152. The summed E-state index contributed by atoms with van der Waals surface area (Å²) in [6.45, 7) is 6.45. The molecular formula is C26H30Cl4N4OS. The van der Waals surface area contributed by atoms with Crippen LogP contribution in [0.3, 0.4) is 0 Å². The zero-order valence-corrected chi connectivity index (χ0v) is 24.2. The van der Waals surface area contributed by atoms with Gasteiger partial charge in [-0.05, 0) is 47.6 Å². The van der Waals surface area contributed by atoms with Crippen LogP contribution >= 0.6 is 60.4 Å². The maximum absolute atomic E-state index is 10.3. The van der Waals surface area contributed by atoms with Crippen LogP contribution in [0.15, 0.2) is 48.8 Å². The summed E-state index contributed by atoms with van der Waals surface area (Å²) in [6, 6.07) is 15.0. The zero-order chi connectivity index (χ0) is 23.1. The van der Waals surface area contributed by atoms with Gasteiger partial charge in [0.15, 0.2) is 0 Å². The lowest BCUT2D eigenvalue weighted by Crippen LogP contribution is -2.29. The summed E-state index contributed by atoms with van der Waals surface area (Å²) >= 11 is 7.63. The normalized spacial score (nSPS) is 17.2. The molecule has 3 atom stereocenters. The van der Waals surface area contributed by atoms with E-state index in [4.69, 9.17) is 16.0 Å². The molecule has 2 aromatic carbocycles. The van der Waals surface area contributed by atoms with Crippen molar-refractivity contribution in [3.8, 4) is 11.3 Å². The first-order valence-corrected chi connectivity index (χ1v) is 12.5. The van der Waals surface area contributed by atoms with Gasteiger partial charge in [0, 0.05) is 40.0 Å². The summed E-state index contributed by atoms with van der Waals surface area (Å²) in [7, 11) is 0. The van der Waals surface area contributed by atoms with Gasteiger partial charge in [0.25, 0.3) is 0 Å². The van der Waals surface area contributed by atoms with Crippen molar-refractivity contribution in [2.75, 3.05) is 0 Å². The van der Waals surface area contributed by atoms with Crippen molar-refractivity contribution >= 4 is 70.4 Å². The Morgan fingerprint density at radius 1 is 1.08 bits per heavy atom. The third-order valence-corrected chi connectivity index (χ3v) is 7.42. The number of rotatable bonds is 6. The van der Waals surface area contributed by atoms with Gasteiger partial charge in [-0.2, -0.15) is 4.37 Å². The molecule has 10 heteroatoms. The van der Waals surface area contributed by atoms with E-state index in [2.05, 4.69) is 66.4 Å². The highest BCUT2D eigenvalue weighted by atomic mass is 35.5. The van der Waals surface area contributed by atoms with Crippen LogP contribution < -0.4 is 5.32 Å². The van der Waals surface area contributed by atoms with Crippen LogP contribution in [0.5, 0.6) is 0 Å². The lowest BCUT2D eigenvalue weighted by molar-refractivity contribution is 0.170. The fraction of sp³-hybridized carbons (Fsp3) is 0.346. The maximum Gasteiger partial charge on any atom is 0.116 e. The SMILES string of the molecule is CC(C)NC(Cc1nsc2cc(-c3ncnc4c3[C@H](C)C[C@H]4O)ccc12)c1ccc(Cl)cc1.Cl.Cl.Cl. The van der Waals surface area contributed by atoms with Gasteiger partial charge in [-0.1, -0.05) is 56.6 Å². The van der Waals surface area contributed by atoms with E-state index in [1.165, 1.54) is 22.5 Å². The lowest BCUT2D eigenvalue weighted by atomic mass is 9.97. The van der Waals surface area contributed by atoms with E-state index >= 15 is 0 Å².